The summed E-state index contributed by atoms with van der Waals surface area (Å²) in [6.07, 6.45) is 2.67. The summed E-state index contributed by atoms with van der Waals surface area (Å²) >= 11 is 0. The van der Waals surface area contributed by atoms with Crippen LogP contribution in [0.1, 0.15) is 30.4 Å². The first kappa shape index (κ1) is 12.1. The van der Waals surface area contributed by atoms with Gasteiger partial charge >= 0.3 is 0 Å². The maximum atomic E-state index is 15.2. The Kier molecular flexibility index (Phi) is 2.70. The van der Waals surface area contributed by atoms with Gasteiger partial charge in [-0.3, -0.25) is 0 Å². The van der Waals surface area contributed by atoms with Gasteiger partial charge in [-0.05, 0) is 35.8 Å². The van der Waals surface area contributed by atoms with Gasteiger partial charge in [0.25, 0.3) is 0 Å². The molecule has 0 heterocycles. The molecule has 0 aromatic heterocycles. The van der Waals surface area contributed by atoms with E-state index in [1.54, 1.807) is 0 Å². The molecule has 4 rings (SSSR count). The molecular weight excluding hydrogens is 247 g/mol. The molecule has 2 fully saturated rings. The van der Waals surface area contributed by atoms with E-state index in [2.05, 4.69) is 24.3 Å². The Morgan fingerprint density at radius 3 is 1.90 bits per heavy atom. The van der Waals surface area contributed by atoms with Crippen LogP contribution in [0.25, 0.3) is 0 Å². The number of benzene rings is 2. The van der Waals surface area contributed by atoms with Gasteiger partial charge in [-0.2, -0.15) is 0 Å². The fourth-order valence-corrected chi connectivity index (χ4v) is 4.67. The summed E-state index contributed by atoms with van der Waals surface area (Å²) in [5, 5.41) is 0. The average Bonchev–Trinajstić information content (AvgIpc) is 2.95. The number of alkyl halides is 1. The largest absolute Gasteiger partial charge is 0.246 e. The van der Waals surface area contributed by atoms with Crippen LogP contribution in [0.2, 0.25) is 0 Å². The first-order chi connectivity index (χ1) is 9.85. The van der Waals surface area contributed by atoms with Crippen LogP contribution in [0.15, 0.2) is 60.7 Å². The fraction of sp³-hybridized carbons (Fsp3) is 0.368. The van der Waals surface area contributed by atoms with Crippen LogP contribution in [-0.4, -0.2) is 6.17 Å². The van der Waals surface area contributed by atoms with E-state index < -0.39 is 11.6 Å². The van der Waals surface area contributed by atoms with Crippen LogP contribution in [0.4, 0.5) is 4.39 Å². The summed E-state index contributed by atoms with van der Waals surface area (Å²) in [6.45, 7) is 0. The summed E-state index contributed by atoms with van der Waals surface area (Å²) in [5.74, 6) is 0.748. The highest BCUT2D eigenvalue weighted by Crippen LogP contribution is 2.64. The first-order valence-electron chi connectivity index (χ1n) is 7.60. The Balaban J connectivity index is 1.91. The van der Waals surface area contributed by atoms with E-state index in [9.17, 15) is 0 Å². The molecule has 0 saturated heterocycles. The third-order valence-electron chi connectivity index (χ3n) is 5.47. The Hall–Kier alpha value is -1.63. The van der Waals surface area contributed by atoms with Gasteiger partial charge in [0.05, 0.1) is 5.41 Å². The minimum atomic E-state index is -0.736. The van der Waals surface area contributed by atoms with Crippen molar-refractivity contribution in [2.75, 3.05) is 0 Å². The molecule has 102 valence electrons. The fourth-order valence-electron chi connectivity index (χ4n) is 4.67. The van der Waals surface area contributed by atoms with Crippen LogP contribution in [0.3, 0.4) is 0 Å². The van der Waals surface area contributed by atoms with Crippen molar-refractivity contribution in [1.29, 1.82) is 0 Å². The Labute approximate surface area is 119 Å². The zero-order chi connectivity index (χ0) is 13.6. The summed E-state index contributed by atoms with van der Waals surface area (Å²) < 4.78 is 15.2. The van der Waals surface area contributed by atoms with Crippen molar-refractivity contribution in [3.8, 4) is 0 Å². The van der Waals surface area contributed by atoms with Crippen molar-refractivity contribution in [2.45, 2.75) is 30.8 Å². The maximum Gasteiger partial charge on any atom is 0.117 e. The maximum absolute atomic E-state index is 15.2. The lowest BCUT2D eigenvalue weighted by atomic mass is 9.48. The number of fused-ring (bicyclic) bond motifs is 1. The minimum Gasteiger partial charge on any atom is -0.246 e. The quantitative estimate of drug-likeness (QED) is 0.736. The van der Waals surface area contributed by atoms with Crippen molar-refractivity contribution < 1.29 is 4.39 Å². The van der Waals surface area contributed by atoms with Crippen LogP contribution in [0, 0.1) is 11.8 Å². The SMILES string of the molecule is F[C@H]1[C@@H]2CCC[C@@H]2C1(c1ccccc1)c1ccccc1. The number of hydrogen-bond acceptors (Lipinski definition) is 0. The second-order valence-electron chi connectivity index (χ2n) is 6.20. The van der Waals surface area contributed by atoms with Crippen molar-refractivity contribution >= 4 is 0 Å². The number of hydrogen-bond donors (Lipinski definition) is 0. The zero-order valence-corrected chi connectivity index (χ0v) is 11.5. The minimum absolute atomic E-state index is 0.274. The van der Waals surface area contributed by atoms with Gasteiger partial charge in [0.2, 0.25) is 0 Å². The molecule has 0 unspecified atom stereocenters. The van der Waals surface area contributed by atoms with Crippen LogP contribution >= 0.6 is 0 Å². The highest BCUT2D eigenvalue weighted by Gasteiger charge is 2.65. The molecule has 0 bridgehead atoms. The highest BCUT2D eigenvalue weighted by molar-refractivity contribution is 5.47. The smallest absolute Gasteiger partial charge is 0.117 e. The van der Waals surface area contributed by atoms with Crippen LogP contribution in [-0.2, 0) is 5.41 Å². The Morgan fingerprint density at radius 1 is 0.800 bits per heavy atom. The molecule has 1 heteroatoms. The van der Waals surface area contributed by atoms with Gasteiger partial charge in [-0.25, -0.2) is 4.39 Å². The van der Waals surface area contributed by atoms with E-state index in [0.717, 1.165) is 24.0 Å². The van der Waals surface area contributed by atoms with E-state index in [1.165, 1.54) is 6.42 Å². The van der Waals surface area contributed by atoms with Gasteiger partial charge in [0.1, 0.15) is 6.17 Å². The van der Waals surface area contributed by atoms with Crippen molar-refractivity contribution in [1.82, 2.24) is 0 Å². The second kappa shape index (κ2) is 4.44. The Bertz CT molecular complexity index is 550. The summed E-state index contributed by atoms with van der Waals surface area (Å²) in [6, 6.07) is 20.6. The molecule has 0 radical (unpaired) electrons. The molecule has 2 aliphatic rings. The predicted octanol–water partition coefficient (Wildman–Crippen LogP) is 4.74. The normalized spacial score (nSPS) is 30.6. The molecule has 0 amide bonds. The van der Waals surface area contributed by atoms with E-state index in [1.807, 2.05) is 36.4 Å². The van der Waals surface area contributed by atoms with E-state index in [-0.39, 0.29) is 5.92 Å². The molecule has 0 aliphatic heterocycles. The molecule has 20 heavy (non-hydrogen) atoms. The van der Waals surface area contributed by atoms with Gasteiger partial charge in [0.15, 0.2) is 0 Å². The monoisotopic (exact) mass is 266 g/mol. The third-order valence-corrected chi connectivity index (χ3v) is 5.47. The molecule has 2 aromatic rings. The molecule has 2 aromatic carbocycles. The molecule has 2 aliphatic carbocycles. The second-order valence-corrected chi connectivity index (χ2v) is 6.20. The van der Waals surface area contributed by atoms with Gasteiger partial charge < -0.3 is 0 Å². The number of halogens is 1. The standard InChI is InChI=1S/C19H19F/c20-18-16-12-7-13-17(16)19(18,14-8-3-1-4-9-14)15-10-5-2-6-11-15/h1-6,8-11,16-18H,7,12-13H2/t16-,17+,18+/m1/s1. The molecule has 0 spiro atoms. The lowest BCUT2D eigenvalue weighted by Gasteiger charge is -2.56. The van der Waals surface area contributed by atoms with Crippen molar-refractivity contribution in [3.63, 3.8) is 0 Å². The first-order valence-corrected chi connectivity index (χ1v) is 7.60. The lowest BCUT2D eigenvalue weighted by Crippen LogP contribution is -2.60. The lowest BCUT2D eigenvalue weighted by molar-refractivity contribution is -0.0339. The van der Waals surface area contributed by atoms with E-state index >= 15 is 4.39 Å². The zero-order valence-electron chi connectivity index (χ0n) is 11.5. The average molecular weight is 266 g/mol. The molecule has 0 N–H and O–H groups in total. The topological polar surface area (TPSA) is 0 Å². The summed E-state index contributed by atoms with van der Waals surface area (Å²) in [5.41, 5.74) is 1.91. The third kappa shape index (κ3) is 1.41. The van der Waals surface area contributed by atoms with Gasteiger partial charge in [0, 0.05) is 0 Å². The van der Waals surface area contributed by atoms with E-state index in [0.29, 0.717) is 5.92 Å². The molecule has 2 saturated carbocycles. The summed E-state index contributed by atoms with van der Waals surface area (Å²) in [7, 11) is 0. The highest BCUT2D eigenvalue weighted by atomic mass is 19.1. The molecular formula is C19H19F. The predicted molar refractivity (Wildman–Crippen MR) is 79.4 cm³/mol. The van der Waals surface area contributed by atoms with Crippen molar-refractivity contribution in [3.05, 3.63) is 71.8 Å². The van der Waals surface area contributed by atoms with Crippen LogP contribution in [0.5, 0.6) is 0 Å². The molecule has 3 atom stereocenters. The van der Waals surface area contributed by atoms with Gasteiger partial charge in [-0.1, -0.05) is 67.1 Å². The van der Waals surface area contributed by atoms with Crippen LogP contribution < -0.4 is 0 Å². The van der Waals surface area contributed by atoms with Gasteiger partial charge in [-0.15, -0.1) is 0 Å². The van der Waals surface area contributed by atoms with Crippen molar-refractivity contribution in [2.24, 2.45) is 11.8 Å². The number of rotatable bonds is 2. The molecule has 0 nitrogen and oxygen atoms in total. The summed E-state index contributed by atoms with van der Waals surface area (Å²) in [4.78, 5) is 0. The Morgan fingerprint density at radius 2 is 1.35 bits per heavy atom. The van der Waals surface area contributed by atoms with E-state index in [4.69, 9.17) is 0 Å².